The number of hydrogen-bond acceptors (Lipinski definition) is 6. The van der Waals surface area contributed by atoms with E-state index in [1.54, 1.807) is 4.90 Å². The van der Waals surface area contributed by atoms with Crippen molar-refractivity contribution in [2.24, 2.45) is 5.84 Å². The lowest BCUT2D eigenvalue weighted by Gasteiger charge is -2.36. The second kappa shape index (κ2) is 6.36. The molecule has 2 unspecified atom stereocenters. The number of nitrogens with one attached hydrogen (secondary N) is 1. The van der Waals surface area contributed by atoms with Gasteiger partial charge in [-0.15, -0.1) is 0 Å². The van der Waals surface area contributed by atoms with Gasteiger partial charge in [-0.3, -0.25) is 4.79 Å². The summed E-state index contributed by atoms with van der Waals surface area (Å²) in [7, 11) is 0. The number of nitrogens with zero attached hydrogens (tertiary/aromatic N) is 2. The summed E-state index contributed by atoms with van der Waals surface area (Å²) in [6.45, 7) is 2.53. The number of amides is 1. The monoisotopic (exact) mass is 300 g/mol. The summed E-state index contributed by atoms with van der Waals surface area (Å²) in [5.74, 6) is 5.41. The minimum absolute atomic E-state index is 0.124. The molecule has 1 aliphatic rings. The molecular formula is C12H17ClN4O3. The fourth-order valence-electron chi connectivity index (χ4n) is 2.19. The van der Waals surface area contributed by atoms with Crippen LogP contribution in [-0.4, -0.2) is 52.8 Å². The second-order valence-corrected chi connectivity index (χ2v) is 5.06. The molecule has 0 aromatic carbocycles. The molecule has 0 spiro atoms. The van der Waals surface area contributed by atoms with Crippen LogP contribution >= 0.6 is 11.6 Å². The molecule has 1 amide bonds. The van der Waals surface area contributed by atoms with Crippen LogP contribution < -0.4 is 11.3 Å². The maximum absolute atomic E-state index is 12.5. The number of hydrogen-bond donors (Lipinski definition) is 3. The van der Waals surface area contributed by atoms with Crippen LogP contribution in [0.25, 0.3) is 0 Å². The molecule has 110 valence electrons. The van der Waals surface area contributed by atoms with Crippen molar-refractivity contribution in [1.29, 1.82) is 0 Å². The first-order valence-electron chi connectivity index (χ1n) is 6.23. The molecule has 7 nitrogen and oxygen atoms in total. The zero-order valence-electron chi connectivity index (χ0n) is 11.0. The van der Waals surface area contributed by atoms with Gasteiger partial charge in [-0.25, -0.2) is 10.8 Å². The van der Waals surface area contributed by atoms with E-state index in [0.717, 1.165) is 0 Å². The fourth-order valence-corrected chi connectivity index (χ4v) is 2.40. The number of halogens is 1. The number of pyridine rings is 1. The average molecular weight is 301 g/mol. The number of hydrazine groups is 1. The third-order valence-electron chi connectivity index (χ3n) is 3.01. The van der Waals surface area contributed by atoms with Gasteiger partial charge in [0.1, 0.15) is 11.0 Å². The van der Waals surface area contributed by atoms with Crippen molar-refractivity contribution in [3.8, 4) is 0 Å². The van der Waals surface area contributed by atoms with Gasteiger partial charge in [0.15, 0.2) is 0 Å². The Morgan fingerprint density at radius 1 is 1.65 bits per heavy atom. The molecule has 1 fully saturated rings. The topological polar surface area (TPSA) is 101 Å². The maximum Gasteiger partial charge on any atom is 0.254 e. The van der Waals surface area contributed by atoms with Crippen molar-refractivity contribution < 1.29 is 14.6 Å². The first-order chi connectivity index (χ1) is 9.53. The summed E-state index contributed by atoms with van der Waals surface area (Å²) in [5.41, 5.74) is 2.76. The van der Waals surface area contributed by atoms with E-state index in [1.165, 1.54) is 12.1 Å². The predicted molar refractivity (Wildman–Crippen MR) is 74.4 cm³/mol. The van der Waals surface area contributed by atoms with E-state index in [0.29, 0.717) is 24.5 Å². The molecule has 2 heterocycles. The van der Waals surface area contributed by atoms with Crippen LogP contribution in [0.2, 0.25) is 5.15 Å². The van der Waals surface area contributed by atoms with Gasteiger partial charge in [0.05, 0.1) is 18.8 Å². The highest BCUT2D eigenvalue weighted by Gasteiger charge is 2.28. The predicted octanol–water partition coefficient (Wildman–Crippen LogP) is 0.242. The normalized spacial score (nSPS) is 22.7. The van der Waals surface area contributed by atoms with Crippen LogP contribution in [0.1, 0.15) is 17.3 Å². The van der Waals surface area contributed by atoms with Gasteiger partial charge >= 0.3 is 0 Å². The Labute approximate surface area is 121 Å². The Morgan fingerprint density at radius 3 is 3.05 bits per heavy atom. The molecule has 20 heavy (non-hydrogen) atoms. The van der Waals surface area contributed by atoms with Crippen LogP contribution in [0.3, 0.4) is 0 Å². The molecule has 4 N–H and O–H groups in total. The van der Waals surface area contributed by atoms with E-state index in [-0.39, 0.29) is 29.9 Å². The molecule has 2 atom stereocenters. The lowest BCUT2D eigenvalue weighted by Crippen LogP contribution is -2.50. The number of nitrogen functional groups attached to an aromatic ring is 1. The van der Waals surface area contributed by atoms with E-state index >= 15 is 0 Å². The Balaban J connectivity index is 2.20. The SMILES string of the molecule is CC1CN(C(=O)c2cc(Cl)nc(NN)c2)CC(CO)O1. The highest BCUT2D eigenvalue weighted by molar-refractivity contribution is 6.29. The summed E-state index contributed by atoms with van der Waals surface area (Å²) in [5, 5.41) is 9.37. The lowest BCUT2D eigenvalue weighted by atomic mass is 10.1. The first kappa shape index (κ1) is 15.0. The third-order valence-corrected chi connectivity index (χ3v) is 3.20. The van der Waals surface area contributed by atoms with E-state index in [4.69, 9.17) is 22.2 Å². The third kappa shape index (κ3) is 3.37. The van der Waals surface area contributed by atoms with E-state index < -0.39 is 0 Å². The van der Waals surface area contributed by atoms with Gasteiger partial charge < -0.3 is 20.2 Å². The van der Waals surface area contributed by atoms with Gasteiger partial charge in [-0.1, -0.05) is 11.6 Å². The van der Waals surface area contributed by atoms with Gasteiger partial charge in [-0.05, 0) is 19.1 Å². The van der Waals surface area contributed by atoms with Gasteiger partial charge in [0.25, 0.3) is 5.91 Å². The summed E-state index contributed by atoms with van der Waals surface area (Å²) in [6, 6.07) is 3.01. The molecular weight excluding hydrogens is 284 g/mol. The van der Waals surface area contributed by atoms with Crippen LogP contribution in [0.5, 0.6) is 0 Å². The van der Waals surface area contributed by atoms with E-state index in [1.807, 2.05) is 6.92 Å². The number of ether oxygens (including phenoxy) is 1. The first-order valence-corrected chi connectivity index (χ1v) is 6.61. The Hall–Kier alpha value is -1.41. The zero-order valence-corrected chi connectivity index (χ0v) is 11.8. The van der Waals surface area contributed by atoms with Crippen molar-refractivity contribution in [2.45, 2.75) is 19.1 Å². The molecule has 1 aromatic heterocycles. The summed E-state index contributed by atoms with van der Waals surface area (Å²) in [6.07, 6.45) is -0.499. The van der Waals surface area contributed by atoms with Crippen LogP contribution in [0.4, 0.5) is 5.82 Å². The second-order valence-electron chi connectivity index (χ2n) is 4.67. The van der Waals surface area contributed by atoms with E-state index in [9.17, 15) is 9.90 Å². The molecule has 2 rings (SSSR count). The van der Waals surface area contributed by atoms with Gasteiger partial charge in [0.2, 0.25) is 0 Å². The Kier molecular flexibility index (Phi) is 4.77. The smallest absolute Gasteiger partial charge is 0.254 e. The highest BCUT2D eigenvalue weighted by atomic mass is 35.5. The maximum atomic E-state index is 12.5. The number of nitrogens with two attached hydrogens (primary N) is 1. The minimum Gasteiger partial charge on any atom is -0.394 e. The van der Waals surface area contributed by atoms with Crippen molar-refractivity contribution in [1.82, 2.24) is 9.88 Å². The largest absolute Gasteiger partial charge is 0.394 e. The Bertz CT molecular complexity index is 500. The average Bonchev–Trinajstić information content (AvgIpc) is 2.44. The van der Waals surface area contributed by atoms with Crippen LogP contribution in [-0.2, 0) is 4.74 Å². The Morgan fingerprint density at radius 2 is 2.40 bits per heavy atom. The quantitative estimate of drug-likeness (QED) is 0.420. The number of rotatable bonds is 3. The summed E-state index contributed by atoms with van der Waals surface area (Å²) < 4.78 is 5.51. The lowest BCUT2D eigenvalue weighted by molar-refractivity contribution is -0.0858. The number of carbonyl (C=O) groups is 1. The van der Waals surface area contributed by atoms with Crippen molar-refractivity contribution >= 4 is 23.3 Å². The molecule has 8 heteroatoms. The number of aliphatic hydroxyl groups is 1. The van der Waals surface area contributed by atoms with Crippen LogP contribution in [0.15, 0.2) is 12.1 Å². The molecule has 0 radical (unpaired) electrons. The summed E-state index contributed by atoms with van der Waals surface area (Å²) in [4.78, 5) is 18.0. The summed E-state index contributed by atoms with van der Waals surface area (Å²) >= 11 is 5.85. The zero-order chi connectivity index (χ0) is 14.7. The van der Waals surface area contributed by atoms with Gasteiger partial charge in [-0.2, -0.15) is 0 Å². The fraction of sp³-hybridized carbons (Fsp3) is 0.500. The van der Waals surface area contributed by atoms with E-state index in [2.05, 4.69) is 10.4 Å². The molecule has 0 bridgehead atoms. The number of carbonyl (C=O) groups excluding carboxylic acids is 1. The molecule has 0 saturated carbocycles. The number of aromatic nitrogens is 1. The van der Waals surface area contributed by atoms with Crippen molar-refractivity contribution in [2.75, 3.05) is 25.1 Å². The molecule has 1 aromatic rings. The minimum atomic E-state index is -0.368. The van der Waals surface area contributed by atoms with Crippen LogP contribution in [0, 0.1) is 0 Å². The number of anilines is 1. The van der Waals surface area contributed by atoms with Crippen molar-refractivity contribution in [3.63, 3.8) is 0 Å². The van der Waals surface area contributed by atoms with Gasteiger partial charge in [0, 0.05) is 18.7 Å². The molecule has 1 saturated heterocycles. The number of aliphatic hydroxyl groups excluding tert-OH is 1. The standard InChI is InChI=1S/C12H17ClN4O3/c1-7-4-17(5-9(6-18)20-7)12(19)8-2-10(13)15-11(3-8)16-14/h2-3,7,9,18H,4-6,14H2,1H3,(H,15,16). The van der Waals surface area contributed by atoms with Crippen molar-refractivity contribution in [3.05, 3.63) is 22.8 Å². The number of morpholine rings is 1. The molecule has 1 aliphatic heterocycles. The molecule has 0 aliphatic carbocycles. The highest BCUT2D eigenvalue weighted by Crippen LogP contribution is 2.18.